The van der Waals surface area contributed by atoms with E-state index in [1.165, 1.54) is 11.1 Å². The molecule has 5 rings (SSSR count). The Balaban J connectivity index is 1.22. The number of hydrogen-bond acceptors (Lipinski definition) is 6. The summed E-state index contributed by atoms with van der Waals surface area (Å²) in [5.74, 6) is 2.14. The van der Waals surface area contributed by atoms with E-state index >= 15 is 0 Å². The molecule has 1 unspecified atom stereocenters. The fourth-order valence-corrected chi connectivity index (χ4v) is 4.70. The van der Waals surface area contributed by atoms with Crippen molar-refractivity contribution in [2.45, 2.75) is 32.0 Å². The summed E-state index contributed by atoms with van der Waals surface area (Å²) in [7, 11) is 0. The molecule has 8 nitrogen and oxygen atoms in total. The number of hydrogen-bond donors (Lipinski definition) is 3. The largest absolute Gasteiger partial charge is 0.390 e. The summed E-state index contributed by atoms with van der Waals surface area (Å²) in [6, 6.07) is 14.8. The molecule has 0 saturated carbocycles. The number of aliphatic hydroxyl groups excluding tert-OH is 1. The van der Waals surface area contributed by atoms with Gasteiger partial charge in [0.05, 0.1) is 12.1 Å². The highest BCUT2D eigenvalue weighted by atomic mass is 16.3. The van der Waals surface area contributed by atoms with Gasteiger partial charge in [-0.15, -0.1) is 0 Å². The molecule has 1 saturated heterocycles. The summed E-state index contributed by atoms with van der Waals surface area (Å²) in [5.41, 5.74) is 4.71. The van der Waals surface area contributed by atoms with Gasteiger partial charge in [0.2, 0.25) is 0 Å². The molecule has 1 atom stereocenters. The summed E-state index contributed by atoms with van der Waals surface area (Å²) < 4.78 is 2.20. The first-order valence-corrected chi connectivity index (χ1v) is 12.2. The van der Waals surface area contributed by atoms with Crippen LogP contribution in [0.3, 0.4) is 0 Å². The third kappa shape index (κ3) is 5.35. The monoisotopic (exact) mass is 471 g/mol. The maximum Gasteiger partial charge on any atom is 0.161 e. The van der Waals surface area contributed by atoms with Gasteiger partial charge in [-0.2, -0.15) is 0 Å². The van der Waals surface area contributed by atoms with E-state index in [4.69, 9.17) is 4.99 Å². The van der Waals surface area contributed by atoms with Gasteiger partial charge in [0.1, 0.15) is 11.6 Å². The van der Waals surface area contributed by atoms with E-state index in [0.29, 0.717) is 30.8 Å². The van der Waals surface area contributed by atoms with Crippen molar-refractivity contribution in [1.29, 1.82) is 0 Å². The van der Waals surface area contributed by atoms with E-state index in [2.05, 4.69) is 80.2 Å². The summed E-state index contributed by atoms with van der Waals surface area (Å²) in [4.78, 5) is 15.8. The smallest absolute Gasteiger partial charge is 0.161 e. The van der Waals surface area contributed by atoms with Crippen LogP contribution >= 0.6 is 0 Å². The van der Waals surface area contributed by atoms with Gasteiger partial charge in [0.15, 0.2) is 5.84 Å². The number of nitrogens with zero attached hydrogens (tertiary/aromatic N) is 5. The van der Waals surface area contributed by atoms with Crippen molar-refractivity contribution in [2.24, 2.45) is 9.98 Å². The van der Waals surface area contributed by atoms with Gasteiger partial charge in [-0.1, -0.05) is 24.3 Å². The molecule has 1 aromatic carbocycles. The van der Waals surface area contributed by atoms with Gasteiger partial charge in [-0.25, -0.2) is 15.0 Å². The van der Waals surface area contributed by atoms with Crippen molar-refractivity contribution >= 4 is 24.2 Å². The lowest BCUT2D eigenvalue weighted by Gasteiger charge is -2.30. The zero-order valence-electron chi connectivity index (χ0n) is 20.2. The number of rotatable bonds is 8. The summed E-state index contributed by atoms with van der Waals surface area (Å²) in [6.07, 6.45) is 4.34. The number of fused-ring (bicyclic) bond motifs is 1. The number of aliphatic hydroxyl groups is 1. The first-order chi connectivity index (χ1) is 17.1. The van der Waals surface area contributed by atoms with Gasteiger partial charge in [-0.05, 0) is 55.0 Å². The summed E-state index contributed by atoms with van der Waals surface area (Å²) >= 11 is 0. The zero-order chi connectivity index (χ0) is 24.2. The fraction of sp³-hybridized carbons (Fsp3) is 0.370. The highest BCUT2D eigenvalue weighted by molar-refractivity contribution is 6.03. The van der Waals surface area contributed by atoms with Gasteiger partial charge in [0.25, 0.3) is 0 Å². The maximum atomic E-state index is 10.7. The first-order valence-electron chi connectivity index (χ1n) is 12.2. The average molecular weight is 472 g/mol. The molecular formula is C27H33N7O. The van der Waals surface area contributed by atoms with Crippen molar-refractivity contribution in [2.75, 3.05) is 38.0 Å². The summed E-state index contributed by atoms with van der Waals surface area (Å²) in [5, 5.41) is 17.2. The summed E-state index contributed by atoms with van der Waals surface area (Å²) in [6.45, 7) is 10.6. The van der Waals surface area contributed by atoms with Crippen LogP contribution in [0.1, 0.15) is 28.3 Å². The van der Waals surface area contributed by atoms with Gasteiger partial charge < -0.3 is 20.3 Å². The normalized spacial score (nSPS) is 17.5. The molecule has 2 aliphatic rings. The Labute approximate surface area is 206 Å². The standard InChI is InChI=1S/C27H33N7O/c1-19-8-12-34(23-14-29-15-23)27(19)32-26(28-2)21-7-10-30-25(13-21)31-16-24(35)18-33-11-9-20-5-3-4-6-22(20)17-33/h3-8,10,12-13,23-24,29,35H,2,9,11,14-18H2,1H3,(H,30,31)/b32-26-. The Morgan fingerprint density at radius 2 is 2.09 bits per heavy atom. The van der Waals surface area contributed by atoms with E-state index in [0.717, 1.165) is 49.5 Å². The minimum atomic E-state index is -0.501. The first kappa shape index (κ1) is 23.4. The maximum absolute atomic E-state index is 10.7. The lowest BCUT2D eigenvalue weighted by atomic mass is 10.00. The Kier molecular flexibility index (Phi) is 7.03. The predicted molar refractivity (Wildman–Crippen MR) is 141 cm³/mol. The second-order valence-corrected chi connectivity index (χ2v) is 9.35. The molecular weight excluding hydrogens is 438 g/mol. The number of benzene rings is 1. The second-order valence-electron chi connectivity index (χ2n) is 9.35. The molecule has 0 aliphatic carbocycles. The Morgan fingerprint density at radius 1 is 1.26 bits per heavy atom. The molecule has 2 aliphatic heterocycles. The van der Waals surface area contributed by atoms with Gasteiger partial charge in [-0.3, -0.25) is 4.90 Å². The van der Waals surface area contributed by atoms with E-state index in [1.807, 2.05) is 12.1 Å². The number of nitrogens with one attached hydrogen (secondary N) is 2. The molecule has 0 spiro atoms. The lowest BCUT2D eigenvalue weighted by Crippen LogP contribution is -2.43. The molecule has 2 aromatic heterocycles. The Bertz CT molecular complexity index is 1210. The second kappa shape index (κ2) is 10.5. The molecule has 0 amide bonds. The van der Waals surface area contributed by atoms with Crippen LogP contribution in [0.4, 0.5) is 11.6 Å². The van der Waals surface area contributed by atoms with Crippen LogP contribution in [0, 0.1) is 6.92 Å². The Hall–Kier alpha value is -3.33. The number of pyridine rings is 1. The minimum absolute atomic E-state index is 0.415. The third-order valence-electron chi connectivity index (χ3n) is 6.81. The van der Waals surface area contributed by atoms with E-state index in [-0.39, 0.29) is 0 Å². The SMILES string of the molecule is C=N/C(=N\c1c(C)ccn1C1CNC1)c1ccnc(NCC(O)CN2CCc3ccccc3C2)c1. The number of aliphatic imine (C=N–C) groups is 2. The quantitative estimate of drug-likeness (QED) is 0.347. The molecule has 35 heavy (non-hydrogen) atoms. The van der Waals surface area contributed by atoms with E-state index in [9.17, 15) is 5.11 Å². The van der Waals surface area contributed by atoms with Crippen molar-refractivity contribution in [3.8, 4) is 0 Å². The van der Waals surface area contributed by atoms with Crippen LogP contribution < -0.4 is 10.6 Å². The minimum Gasteiger partial charge on any atom is -0.390 e. The molecule has 3 N–H and O–H groups in total. The average Bonchev–Trinajstić information content (AvgIpc) is 3.19. The lowest BCUT2D eigenvalue weighted by molar-refractivity contribution is 0.114. The van der Waals surface area contributed by atoms with Crippen molar-refractivity contribution < 1.29 is 5.11 Å². The van der Waals surface area contributed by atoms with Crippen molar-refractivity contribution in [3.05, 3.63) is 77.1 Å². The van der Waals surface area contributed by atoms with Gasteiger partial charge >= 0.3 is 0 Å². The van der Waals surface area contributed by atoms with Crippen molar-refractivity contribution in [3.63, 3.8) is 0 Å². The highest BCUT2D eigenvalue weighted by Crippen LogP contribution is 2.27. The molecule has 4 heterocycles. The number of aromatic nitrogens is 2. The Morgan fingerprint density at radius 3 is 2.86 bits per heavy atom. The highest BCUT2D eigenvalue weighted by Gasteiger charge is 2.22. The molecule has 0 bridgehead atoms. The number of anilines is 1. The molecule has 182 valence electrons. The number of aryl methyl sites for hydroxylation is 1. The molecule has 0 radical (unpaired) electrons. The third-order valence-corrected chi connectivity index (χ3v) is 6.81. The van der Waals surface area contributed by atoms with Crippen LogP contribution in [-0.2, 0) is 13.0 Å². The fourth-order valence-electron chi connectivity index (χ4n) is 4.70. The zero-order valence-corrected chi connectivity index (χ0v) is 20.2. The van der Waals surface area contributed by atoms with E-state index < -0.39 is 6.10 Å². The van der Waals surface area contributed by atoms with Crippen LogP contribution in [0.25, 0.3) is 0 Å². The van der Waals surface area contributed by atoms with Gasteiger partial charge in [0, 0.05) is 57.2 Å². The number of β-amino-alcohol motifs (C(OH)–C–C–N with tert-alkyl or cyclic N) is 1. The van der Waals surface area contributed by atoms with Crippen LogP contribution in [0.15, 0.2) is 64.8 Å². The van der Waals surface area contributed by atoms with Crippen molar-refractivity contribution in [1.82, 2.24) is 19.8 Å². The number of amidine groups is 1. The molecule has 3 aromatic rings. The molecule has 1 fully saturated rings. The van der Waals surface area contributed by atoms with Crippen LogP contribution in [0.2, 0.25) is 0 Å². The van der Waals surface area contributed by atoms with Crippen LogP contribution in [0.5, 0.6) is 0 Å². The van der Waals surface area contributed by atoms with Crippen LogP contribution in [-0.4, -0.2) is 70.9 Å². The topological polar surface area (TPSA) is 90.1 Å². The van der Waals surface area contributed by atoms with E-state index in [1.54, 1.807) is 6.20 Å². The predicted octanol–water partition coefficient (Wildman–Crippen LogP) is 2.95. The molecule has 8 heteroatoms.